The van der Waals surface area contributed by atoms with Gasteiger partial charge in [-0.2, -0.15) is 31.4 Å². The lowest BCUT2D eigenvalue weighted by Crippen LogP contribution is -2.53. The molecular weight excluding hydrogens is 740 g/mol. The van der Waals surface area contributed by atoms with Crippen LogP contribution in [-0.2, 0) is 36.9 Å². The molecule has 2 aliphatic carbocycles. The van der Waals surface area contributed by atoms with Gasteiger partial charge in [0.25, 0.3) is 11.8 Å². The minimum atomic E-state index is -5.23. The van der Waals surface area contributed by atoms with Gasteiger partial charge < -0.3 is 5.11 Å². The molecule has 2 N–H and O–H groups in total. The minimum absolute atomic E-state index is 0.0351. The number of hydrogen-bond donors (Lipinski definition) is 2. The molecular formula is C42H33F6N3O5. The van der Waals surface area contributed by atoms with E-state index >= 15 is 4.79 Å². The third-order valence-corrected chi connectivity index (χ3v) is 11.8. The largest absolute Gasteiger partial charge is 0.508 e. The number of rotatable bonds is 5. The molecule has 3 fully saturated rings. The molecule has 0 aromatic heterocycles. The number of amides is 4. The van der Waals surface area contributed by atoms with Gasteiger partial charge in [0.2, 0.25) is 11.8 Å². The van der Waals surface area contributed by atoms with Crippen LogP contribution in [0.4, 0.5) is 37.7 Å². The summed E-state index contributed by atoms with van der Waals surface area (Å²) in [6.45, 7) is 3.53. The van der Waals surface area contributed by atoms with Crippen LogP contribution in [0.3, 0.4) is 0 Å². The van der Waals surface area contributed by atoms with E-state index in [4.69, 9.17) is 0 Å². The number of nitrogens with one attached hydrogen (secondary N) is 1. The number of carbonyl (C=O) groups excluding carboxylic acids is 4. The second-order valence-electron chi connectivity index (χ2n) is 14.9. The first-order valence-corrected chi connectivity index (χ1v) is 17.9. The molecule has 56 heavy (non-hydrogen) atoms. The van der Waals surface area contributed by atoms with Gasteiger partial charge in [-0.15, -0.1) is 0 Å². The summed E-state index contributed by atoms with van der Waals surface area (Å²) in [6.07, 6.45) is -8.99. The number of anilines is 2. The number of fused-ring (bicyclic) bond motifs is 4. The van der Waals surface area contributed by atoms with Crippen LogP contribution < -0.4 is 10.3 Å². The van der Waals surface area contributed by atoms with Crippen molar-refractivity contribution in [2.45, 2.75) is 50.4 Å². The van der Waals surface area contributed by atoms with E-state index < -0.39 is 87.8 Å². The number of benzene rings is 4. The second kappa shape index (κ2) is 12.8. The van der Waals surface area contributed by atoms with E-state index in [1.165, 1.54) is 6.07 Å². The zero-order valence-electron chi connectivity index (χ0n) is 29.8. The summed E-state index contributed by atoms with van der Waals surface area (Å²) in [5, 5.41) is 11.5. The number of hydrazine groups is 1. The first-order chi connectivity index (χ1) is 26.4. The van der Waals surface area contributed by atoms with E-state index in [1.807, 2.05) is 6.92 Å². The van der Waals surface area contributed by atoms with Crippen LogP contribution in [0.1, 0.15) is 52.1 Å². The topological polar surface area (TPSA) is 107 Å². The van der Waals surface area contributed by atoms with Gasteiger partial charge >= 0.3 is 12.4 Å². The van der Waals surface area contributed by atoms with Crippen LogP contribution in [-0.4, -0.2) is 33.7 Å². The molecule has 1 saturated carbocycles. The molecule has 8 nitrogen and oxygen atoms in total. The molecule has 8 rings (SSSR count). The van der Waals surface area contributed by atoms with E-state index in [0.29, 0.717) is 45.0 Å². The molecule has 2 heterocycles. The average Bonchev–Trinajstić information content (AvgIpc) is 3.53. The molecule has 288 valence electrons. The maximum atomic E-state index is 15.2. The molecule has 0 bridgehead atoms. The van der Waals surface area contributed by atoms with Crippen molar-refractivity contribution in [2.24, 2.45) is 23.7 Å². The first-order valence-electron chi connectivity index (χ1n) is 17.9. The summed E-state index contributed by atoms with van der Waals surface area (Å²) >= 11 is 0. The van der Waals surface area contributed by atoms with E-state index in [1.54, 1.807) is 79.7 Å². The molecule has 4 aliphatic rings. The zero-order valence-corrected chi connectivity index (χ0v) is 29.8. The Balaban J connectivity index is 1.30. The number of allylic oxidation sites excluding steroid dienone is 2. The van der Waals surface area contributed by atoms with Crippen molar-refractivity contribution >= 4 is 35.0 Å². The number of aromatic hydroxyl groups is 1. The molecule has 4 amide bonds. The van der Waals surface area contributed by atoms with Gasteiger partial charge in [-0.05, 0) is 85.7 Å². The fraction of sp³-hybridized carbons (Fsp3) is 0.286. The van der Waals surface area contributed by atoms with Crippen LogP contribution >= 0.6 is 0 Å². The van der Waals surface area contributed by atoms with Gasteiger partial charge in [0.15, 0.2) is 0 Å². The highest BCUT2D eigenvalue weighted by Crippen LogP contribution is 2.64. The Morgan fingerprint density at radius 1 is 0.750 bits per heavy atom. The number of phenolic OH excluding ortho intramolecular Hbond substituents is 1. The van der Waals surface area contributed by atoms with Crippen LogP contribution in [0.2, 0.25) is 0 Å². The molecule has 6 unspecified atom stereocenters. The summed E-state index contributed by atoms with van der Waals surface area (Å²) in [7, 11) is 0. The second-order valence-corrected chi connectivity index (χ2v) is 14.9. The summed E-state index contributed by atoms with van der Waals surface area (Å²) in [6, 6.07) is 21.1. The van der Waals surface area contributed by atoms with Crippen LogP contribution in [0.5, 0.6) is 5.75 Å². The van der Waals surface area contributed by atoms with Crippen molar-refractivity contribution < 1.29 is 50.6 Å². The highest BCUT2D eigenvalue weighted by atomic mass is 19.4. The summed E-state index contributed by atoms with van der Waals surface area (Å²) in [5.41, 5.74) is 0.500. The molecule has 0 radical (unpaired) electrons. The van der Waals surface area contributed by atoms with Crippen molar-refractivity contribution in [3.05, 3.63) is 136 Å². The zero-order chi connectivity index (χ0) is 40.1. The Kier molecular flexibility index (Phi) is 8.48. The van der Waals surface area contributed by atoms with Crippen LogP contribution in [0.25, 0.3) is 0 Å². The van der Waals surface area contributed by atoms with E-state index in [-0.39, 0.29) is 24.7 Å². The van der Waals surface area contributed by atoms with Gasteiger partial charge in [0.05, 0.1) is 45.7 Å². The highest BCUT2D eigenvalue weighted by Gasteiger charge is 2.70. The molecule has 4 aromatic rings. The Labute approximate surface area is 316 Å². The number of carbonyl (C=O) groups is 4. The van der Waals surface area contributed by atoms with Gasteiger partial charge in [0.1, 0.15) is 5.75 Å². The lowest BCUT2D eigenvalue weighted by molar-refractivity contribution is -0.143. The number of hydrogen-bond acceptors (Lipinski definition) is 6. The number of imide groups is 2. The Bertz CT molecular complexity index is 2310. The fourth-order valence-corrected chi connectivity index (χ4v) is 9.30. The number of halogens is 6. The third-order valence-electron chi connectivity index (χ3n) is 11.8. The lowest BCUT2D eigenvalue weighted by Gasteiger charge is -2.50. The number of alkyl halides is 6. The Morgan fingerprint density at radius 3 is 2.00 bits per heavy atom. The monoisotopic (exact) mass is 773 g/mol. The standard InChI is InChI=1S/C42H33F6N3O5/c1-21-8-11-27(12-9-21)49-51-37(54)32-20-31-29(35(23-10-15-33(52)22(2)16-23)40(32,39(51)56)24-6-4-3-5-7-24)13-14-30-34(31)38(55)50(36(30)53)28-18-25(41(43,44)45)17-26(19-28)42(46,47)48/h3-13,15-19,30-32,34-35,49,52H,14,20H2,1-2H3. The number of aryl methyl sites for hydroxylation is 2. The molecule has 14 heteroatoms. The van der Waals surface area contributed by atoms with Crippen molar-refractivity contribution in [1.29, 1.82) is 0 Å². The summed E-state index contributed by atoms with van der Waals surface area (Å²) in [5.74, 6) is -8.69. The van der Waals surface area contributed by atoms with Crippen LogP contribution in [0, 0.1) is 37.5 Å². The SMILES string of the molecule is Cc1ccc(NN2C(=O)C3CC4C(=CCC5C(=O)N(c6cc(C(F)(F)F)cc(C(F)(F)F)c6)C(=O)C54)C(c4ccc(O)c(C)c4)C3(c3ccccc3)C2=O)cc1. The predicted octanol–water partition coefficient (Wildman–Crippen LogP) is 8.24. The molecule has 6 atom stereocenters. The Morgan fingerprint density at radius 2 is 1.39 bits per heavy atom. The lowest BCUT2D eigenvalue weighted by atomic mass is 9.49. The molecule has 2 aliphatic heterocycles. The quantitative estimate of drug-likeness (QED) is 0.120. The maximum Gasteiger partial charge on any atom is 0.416 e. The van der Waals surface area contributed by atoms with Gasteiger partial charge in [-0.3, -0.25) is 24.6 Å². The van der Waals surface area contributed by atoms with Gasteiger partial charge in [0, 0.05) is 5.92 Å². The third kappa shape index (κ3) is 5.59. The molecule has 2 saturated heterocycles. The van der Waals surface area contributed by atoms with Gasteiger partial charge in [-0.25, -0.2) is 4.90 Å². The highest BCUT2D eigenvalue weighted by molar-refractivity contribution is 6.22. The van der Waals surface area contributed by atoms with Gasteiger partial charge in [-0.1, -0.05) is 71.8 Å². The predicted molar refractivity (Wildman–Crippen MR) is 191 cm³/mol. The molecule has 4 aromatic carbocycles. The Hall–Kier alpha value is -5.92. The molecule has 0 spiro atoms. The summed E-state index contributed by atoms with van der Waals surface area (Å²) < 4.78 is 83.4. The van der Waals surface area contributed by atoms with Crippen molar-refractivity contribution in [2.75, 3.05) is 10.3 Å². The van der Waals surface area contributed by atoms with Crippen molar-refractivity contribution in [3.8, 4) is 5.75 Å². The minimum Gasteiger partial charge on any atom is -0.508 e. The summed E-state index contributed by atoms with van der Waals surface area (Å²) in [4.78, 5) is 58.9. The van der Waals surface area contributed by atoms with Crippen molar-refractivity contribution in [3.63, 3.8) is 0 Å². The van der Waals surface area contributed by atoms with E-state index in [9.17, 15) is 45.8 Å². The fourth-order valence-electron chi connectivity index (χ4n) is 9.30. The first kappa shape index (κ1) is 37.0. The van der Waals surface area contributed by atoms with Crippen molar-refractivity contribution in [1.82, 2.24) is 5.01 Å². The van der Waals surface area contributed by atoms with E-state index in [0.717, 1.165) is 10.6 Å². The van der Waals surface area contributed by atoms with Crippen LogP contribution in [0.15, 0.2) is 103 Å². The van der Waals surface area contributed by atoms with E-state index in [2.05, 4.69) is 5.43 Å². The average molecular weight is 774 g/mol. The maximum absolute atomic E-state index is 15.2. The smallest absolute Gasteiger partial charge is 0.416 e. The number of nitrogens with zero attached hydrogens (tertiary/aromatic N) is 2. The number of phenols is 1. The normalized spacial score (nSPS) is 26.2.